The number of carboxylic acid groups (broad SMARTS) is 1. The molecular formula is C7H10N2O4. The number of amides is 1. The molecule has 0 radical (unpaired) electrons. The van der Waals surface area contributed by atoms with E-state index in [9.17, 15) is 9.59 Å². The monoisotopic (exact) mass is 186 g/mol. The summed E-state index contributed by atoms with van der Waals surface area (Å²) in [5.41, 5.74) is 0.564. The van der Waals surface area contributed by atoms with Crippen LogP contribution in [-0.2, 0) is 14.3 Å². The summed E-state index contributed by atoms with van der Waals surface area (Å²) in [6.07, 6.45) is 0.154. The van der Waals surface area contributed by atoms with Crippen molar-refractivity contribution in [1.29, 1.82) is 0 Å². The van der Waals surface area contributed by atoms with E-state index in [1.807, 2.05) is 0 Å². The maximum absolute atomic E-state index is 11.1. The first-order chi connectivity index (χ1) is 6.13. The number of hydrogen-bond donors (Lipinski definition) is 1. The largest absolute Gasteiger partial charge is 0.480 e. The molecule has 6 heteroatoms. The van der Waals surface area contributed by atoms with Crippen molar-refractivity contribution in [3.63, 3.8) is 0 Å². The fraction of sp³-hybridized carbons (Fsp3) is 0.571. The Kier molecular flexibility index (Phi) is 2.97. The molecule has 1 amide bonds. The van der Waals surface area contributed by atoms with Crippen LogP contribution in [0.4, 0.5) is 0 Å². The Bertz CT molecular complexity index is 261. The minimum absolute atomic E-state index is 0.154. The number of ether oxygens (including phenoxy) is 1. The lowest BCUT2D eigenvalue weighted by atomic mass is 10.3. The molecule has 72 valence electrons. The van der Waals surface area contributed by atoms with Crippen LogP contribution in [0.2, 0.25) is 0 Å². The second kappa shape index (κ2) is 3.99. The number of carbonyl (C=O) groups excluding carboxylic acids is 1. The van der Waals surface area contributed by atoms with E-state index in [-0.39, 0.29) is 25.5 Å². The number of hydrazone groups is 1. The van der Waals surface area contributed by atoms with Crippen LogP contribution < -0.4 is 0 Å². The molecule has 0 saturated carbocycles. The third-order valence-corrected chi connectivity index (χ3v) is 1.50. The molecule has 0 aromatic carbocycles. The molecule has 6 nitrogen and oxygen atoms in total. The molecule has 0 atom stereocenters. The van der Waals surface area contributed by atoms with E-state index in [2.05, 4.69) is 5.10 Å². The second-order valence-corrected chi connectivity index (χ2v) is 2.62. The Morgan fingerprint density at radius 3 is 3.00 bits per heavy atom. The summed E-state index contributed by atoms with van der Waals surface area (Å²) in [7, 11) is 1.49. The molecule has 1 aliphatic rings. The van der Waals surface area contributed by atoms with Crippen molar-refractivity contribution >= 4 is 17.6 Å². The highest BCUT2D eigenvalue weighted by Crippen LogP contribution is 2.07. The highest BCUT2D eigenvalue weighted by atomic mass is 16.5. The van der Waals surface area contributed by atoms with Gasteiger partial charge in [-0.25, -0.2) is 5.01 Å². The lowest BCUT2D eigenvalue weighted by Gasteiger charge is -2.06. The van der Waals surface area contributed by atoms with Crippen molar-refractivity contribution in [2.45, 2.75) is 6.42 Å². The third-order valence-electron chi connectivity index (χ3n) is 1.50. The van der Waals surface area contributed by atoms with Gasteiger partial charge in [0.2, 0.25) is 5.91 Å². The van der Waals surface area contributed by atoms with Crippen LogP contribution in [0, 0.1) is 0 Å². The quantitative estimate of drug-likeness (QED) is 0.630. The molecule has 0 fully saturated rings. The molecular weight excluding hydrogens is 176 g/mol. The molecule has 1 aliphatic heterocycles. The van der Waals surface area contributed by atoms with Gasteiger partial charge in [0, 0.05) is 7.11 Å². The topological polar surface area (TPSA) is 79.2 Å². The summed E-state index contributed by atoms with van der Waals surface area (Å²) in [5, 5.41) is 13.1. The highest BCUT2D eigenvalue weighted by molar-refractivity contribution is 6.06. The summed E-state index contributed by atoms with van der Waals surface area (Å²) in [4.78, 5) is 21.4. The summed E-state index contributed by atoms with van der Waals surface area (Å²) in [6.45, 7) is -0.117. The van der Waals surface area contributed by atoms with E-state index in [1.165, 1.54) is 7.11 Å². The molecule has 0 saturated heterocycles. The van der Waals surface area contributed by atoms with Crippen LogP contribution in [0.25, 0.3) is 0 Å². The number of hydrogen-bond acceptors (Lipinski definition) is 4. The summed E-state index contributed by atoms with van der Waals surface area (Å²) in [6, 6.07) is 0. The lowest BCUT2D eigenvalue weighted by Crippen LogP contribution is -2.27. The van der Waals surface area contributed by atoms with Gasteiger partial charge in [-0.1, -0.05) is 0 Å². The van der Waals surface area contributed by atoms with Gasteiger partial charge in [0.1, 0.15) is 6.54 Å². The SMILES string of the molecule is COCC1=NN(CC(=O)O)C(=O)C1. The smallest absolute Gasteiger partial charge is 0.325 e. The van der Waals surface area contributed by atoms with E-state index < -0.39 is 5.97 Å². The molecule has 0 bridgehead atoms. The first-order valence-electron chi connectivity index (χ1n) is 3.71. The first kappa shape index (κ1) is 9.66. The van der Waals surface area contributed by atoms with Crippen LogP contribution in [0.5, 0.6) is 0 Å². The van der Waals surface area contributed by atoms with Gasteiger partial charge in [-0.2, -0.15) is 5.10 Å². The van der Waals surface area contributed by atoms with Gasteiger partial charge in [-0.05, 0) is 0 Å². The summed E-state index contributed by atoms with van der Waals surface area (Å²) >= 11 is 0. The second-order valence-electron chi connectivity index (χ2n) is 2.62. The fourth-order valence-corrected chi connectivity index (χ4v) is 1.03. The Morgan fingerprint density at radius 2 is 2.46 bits per heavy atom. The zero-order valence-electron chi connectivity index (χ0n) is 7.19. The standard InChI is InChI=1S/C7H10N2O4/c1-13-4-5-2-6(10)9(8-5)3-7(11)12/h2-4H2,1H3,(H,11,12). The Morgan fingerprint density at radius 1 is 1.77 bits per heavy atom. The Balaban J connectivity index is 2.55. The maximum atomic E-state index is 11.1. The van der Waals surface area contributed by atoms with Crippen LogP contribution in [-0.4, -0.2) is 48.0 Å². The average molecular weight is 186 g/mol. The van der Waals surface area contributed by atoms with E-state index in [1.54, 1.807) is 0 Å². The van der Waals surface area contributed by atoms with E-state index in [4.69, 9.17) is 9.84 Å². The normalized spacial score (nSPS) is 16.2. The number of carbonyl (C=O) groups is 2. The number of aliphatic carboxylic acids is 1. The van der Waals surface area contributed by atoms with Crippen molar-refractivity contribution in [3.05, 3.63) is 0 Å². The van der Waals surface area contributed by atoms with Crippen LogP contribution in [0.3, 0.4) is 0 Å². The third kappa shape index (κ3) is 2.51. The van der Waals surface area contributed by atoms with Gasteiger partial charge in [-0.15, -0.1) is 0 Å². The van der Waals surface area contributed by atoms with E-state index in [0.29, 0.717) is 5.71 Å². The zero-order chi connectivity index (χ0) is 9.84. The van der Waals surface area contributed by atoms with Crippen molar-refractivity contribution in [2.24, 2.45) is 5.10 Å². The van der Waals surface area contributed by atoms with E-state index >= 15 is 0 Å². The summed E-state index contributed by atoms with van der Waals surface area (Å²) in [5.74, 6) is -1.37. The minimum Gasteiger partial charge on any atom is -0.480 e. The molecule has 0 unspecified atom stereocenters. The first-order valence-corrected chi connectivity index (χ1v) is 3.71. The Hall–Kier alpha value is -1.43. The van der Waals surface area contributed by atoms with Crippen molar-refractivity contribution < 1.29 is 19.4 Å². The maximum Gasteiger partial charge on any atom is 0.325 e. The van der Waals surface area contributed by atoms with Crippen LogP contribution in [0.15, 0.2) is 5.10 Å². The molecule has 1 heterocycles. The predicted molar refractivity (Wildman–Crippen MR) is 43.3 cm³/mol. The average Bonchev–Trinajstić information content (AvgIpc) is 2.31. The van der Waals surface area contributed by atoms with Gasteiger partial charge >= 0.3 is 5.97 Å². The fourth-order valence-electron chi connectivity index (χ4n) is 1.03. The molecule has 0 spiro atoms. The number of carboxylic acids is 1. The molecule has 1 rings (SSSR count). The number of rotatable bonds is 4. The molecule has 0 aromatic rings. The van der Waals surface area contributed by atoms with Gasteiger partial charge < -0.3 is 9.84 Å². The van der Waals surface area contributed by atoms with Gasteiger partial charge in [-0.3, -0.25) is 9.59 Å². The highest BCUT2D eigenvalue weighted by Gasteiger charge is 2.24. The molecule has 1 N–H and O–H groups in total. The summed E-state index contributed by atoms with van der Waals surface area (Å²) < 4.78 is 4.77. The van der Waals surface area contributed by atoms with E-state index in [0.717, 1.165) is 5.01 Å². The molecule has 0 aliphatic carbocycles. The molecule has 13 heavy (non-hydrogen) atoms. The minimum atomic E-state index is -1.07. The van der Waals surface area contributed by atoms with Gasteiger partial charge in [0.25, 0.3) is 0 Å². The Labute approximate surface area is 74.8 Å². The number of nitrogens with zero attached hydrogens (tertiary/aromatic N) is 2. The van der Waals surface area contributed by atoms with Gasteiger partial charge in [0.05, 0.1) is 18.7 Å². The molecule has 0 aromatic heterocycles. The predicted octanol–water partition coefficient (Wildman–Crippen LogP) is -0.694. The lowest BCUT2D eigenvalue weighted by molar-refractivity contribution is -0.143. The number of methoxy groups -OCH3 is 1. The van der Waals surface area contributed by atoms with Crippen LogP contribution >= 0.6 is 0 Å². The van der Waals surface area contributed by atoms with Gasteiger partial charge in [0.15, 0.2) is 0 Å². The van der Waals surface area contributed by atoms with Crippen molar-refractivity contribution in [2.75, 3.05) is 20.3 Å². The zero-order valence-corrected chi connectivity index (χ0v) is 7.19. The van der Waals surface area contributed by atoms with Crippen LogP contribution in [0.1, 0.15) is 6.42 Å². The van der Waals surface area contributed by atoms with Crippen molar-refractivity contribution in [1.82, 2.24) is 5.01 Å². The van der Waals surface area contributed by atoms with Crippen molar-refractivity contribution in [3.8, 4) is 0 Å².